The molecule has 0 amide bonds. The molecule has 0 atom stereocenters. The summed E-state index contributed by atoms with van der Waals surface area (Å²) in [6.07, 6.45) is 1.92. The van der Waals surface area contributed by atoms with Gasteiger partial charge in [0.15, 0.2) is 0 Å². The third kappa shape index (κ3) is 10.4. The van der Waals surface area contributed by atoms with E-state index >= 15 is 0 Å². The lowest BCUT2D eigenvalue weighted by Crippen LogP contribution is -2.42. The van der Waals surface area contributed by atoms with Crippen LogP contribution in [0.3, 0.4) is 0 Å². The van der Waals surface area contributed by atoms with Crippen LogP contribution in [0.5, 0.6) is 0 Å². The van der Waals surface area contributed by atoms with Gasteiger partial charge in [0.05, 0.1) is 0 Å². The molecular formula is C18H37NO6SSi2. The lowest BCUT2D eigenvalue weighted by molar-refractivity contribution is 0.123. The van der Waals surface area contributed by atoms with Crippen LogP contribution in [-0.4, -0.2) is 72.6 Å². The zero-order valence-corrected chi connectivity index (χ0v) is 20.9. The first-order valence-electron chi connectivity index (χ1n) is 9.21. The van der Waals surface area contributed by atoms with E-state index < -0.39 is 17.6 Å². The molecule has 0 aromatic heterocycles. The molecule has 7 nitrogen and oxygen atoms in total. The Bertz CT molecular complexity index is 462. The first kappa shape index (κ1) is 27.6. The quantitative estimate of drug-likeness (QED) is 0.255. The summed E-state index contributed by atoms with van der Waals surface area (Å²) in [4.78, 5) is 0. The number of anilines is 1. The molecule has 1 N–H and O–H groups in total. The monoisotopic (exact) mass is 451 g/mol. The molecule has 0 spiro atoms. The van der Waals surface area contributed by atoms with Gasteiger partial charge in [-0.2, -0.15) is 12.6 Å². The maximum atomic E-state index is 5.36. The number of para-hydroxylation sites is 1. The highest BCUT2D eigenvalue weighted by Crippen LogP contribution is 2.16. The van der Waals surface area contributed by atoms with Crippen LogP contribution in [-0.2, 0) is 26.6 Å². The number of nitrogens with one attached hydrogen (secondary N) is 1. The Morgan fingerprint density at radius 3 is 1.54 bits per heavy atom. The smallest absolute Gasteiger partial charge is 0.385 e. The minimum absolute atomic E-state index is 0.816. The molecule has 0 bridgehead atoms. The van der Waals surface area contributed by atoms with Gasteiger partial charge in [-0.3, -0.25) is 0 Å². The van der Waals surface area contributed by atoms with Crippen molar-refractivity contribution < 1.29 is 26.6 Å². The second kappa shape index (κ2) is 16.4. The number of thiol groups is 1. The van der Waals surface area contributed by atoms with Gasteiger partial charge in [0.2, 0.25) is 0 Å². The Morgan fingerprint density at radius 1 is 0.714 bits per heavy atom. The van der Waals surface area contributed by atoms with Crippen molar-refractivity contribution >= 4 is 35.9 Å². The second-order valence-corrected chi connectivity index (χ2v) is 12.4. The van der Waals surface area contributed by atoms with Gasteiger partial charge in [0.1, 0.15) is 0 Å². The average Bonchev–Trinajstić information content (AvgIpc) is 2.77. The zero-order valence-electron chi connectivity index (χ0n) is 18.0. The summed E-state index contributed by atoms with van der Waals surface area (Å²) in [6, 6.07) is 11.8. The molecule has 0 fully saturated rings. The third-order valence-electron chi connectivity index (χ3n) is 4.27. The molecule has 0 heterocycles. The van der Waals surface area contributed by atoms with E-state index in [-0.39, 0.29) is 0 Å². The van der Waals surface area contributed by atoms with Crippen molar-refractivity contribution in [1.82, 2.24) is 0 Å². The summed E-state index contributed by atoms with van der Waals surface area (Å²) < 4.78 is 31.7. The summed E-state index contributed by atoms with van der Waals surface area (Å²) in [6.45, 7) is 0.884. The van der Waals surface area contributed by atoms with Crippen molar-refractivity contribution in [3.8, 4) is 0 Å². The topological polar surface area (TPSA) is 67.4 Å². The van der Waals surface area contributed by atoms with Gasteiger partial charge >= 0.3 is 17.6 Å². The van der Waals surface area contributed by atoms with E-state index in [4.69, 9.17) is 26.6 Å². The molecule has 0 aliphatic rings. The van der Waals surface area contributed by atoms with Crippen molar-refractivity contribution in [2.75, 3.05) is 60.3 Å². The highest BCUT2D eigenvalue weighted by atomic mass is 32.1. The molecule has 1 rings (SSSR count). The minimum Gasteiger partial charge on any atom is -0.385 e. The number of benzene rings is 1. The predicted octanol–water partition coefficient (Wildman–Crippen LogP) is 3.55. The van der Waals surface area contributed by atoms with E-state index in [2.05, 4.69) is 17.9 Å². The molecule has 0 radical (unpaired) electrons. The second-order valence-electron chi connectivity index (χ2n) is 5.81. The van der Waals surface area contributed by atoms with Crippen molar-refractivity contribution in [1.29, 1.82) is 0 Å². The standard InChI is InChI=1S/C12H21NO3Si.C6H16O3SSi/c1-14-17(15-2,16-3)11-7-10-13-12-8-5-4-6-9-12;1-7-11(8-2,9-3)6-4-5-10/h4-6,8-9,13H,7,10-11H2,1-3H3;10H,4-6H2,1-3H3. The van der Waals surface area contributed by atoms with Gasteiger partial charge in [-0.05, 0) is 30.7 Å². The van der Waals surface area contributed by atoms with Crippen LogP contribution in [0.1, 0.15) is 12.8 Å². The van der Waals surface area contributed by atoms with Gasteiger partial charge in [0, 0.05) is 67.0 Å². The van der Waals surface area contributed by atoms with E-state index in [9.17, 15) is 0 Å². The van der Waals surface area contributed by atoms with Crippen molar-refractivity contribution in [2.24, 2.45) is 0 Å². The Balaban J connectivity index is 0.000000576. The average molecular weight is 452 g/mol. The van der Waals surface area contributed by atoms with Crippen LogP contribution in [0, 0.1) is 0 Å². The lowest BCUT2D eigenvalue weighted by atomic mass is 10.3. The van der Waals surface area contributed by atoms with Crippen LogP contribution in [0.4, 0.5) is 5.69 Å². The molecule has 10 heteroatoms. The summed E-state index contributed by atoms with van der Waals surface area (Å²) in [5, 5.41) is 3.35. The van der Waals surface area contributed by atoms with Crippen molar-refractivity contribution in [3.05, 3.63) is 30.3 Å². The summed E-state index contributed by atoms with van der Waals surface area (Å²) in [5.41, 5.74) is 1.13. The first-order valence-corrected chi connectivity index (χ1v) is 13.7. The first-order chi connectivity index (χ1) is 13.5. The van der Waals surface area contributed by atoms with Crippen LogP contribution >= 0.6 is 12.6 Å². The van der Waals surface area contributed by atoms with Gasteiger partial charge in [-0.25, -0.2) is 0 Å². The molecular weight excluding hydrogens is 414 g/mol. The highest BCUT2D eigenvalue weighted by Gasteiger charge is 2.37. The molecule has 1 aromatic rings. The number of hydrogen-bond donors (Lipinski definition) is 2. The van der Waals surface area contributed by atoms with Crippen LogP contribution in [0.2, 0.25) is 12.1 Å². The van der Waals surface area contributed by atoms with Crippen LogP contribution in [0.15, 0.2) is 30.3 Å². The predicted molar refractivity (Wildman–Crippen MR) is 121 cm³/mol. The Kier molecular flexibility index (Phi) is 16.1. The molecule has 0 saturated carbocycles. The van der Waals surface area contributed by atoms with Gasteiger partial charge in [0.25, 0.3) is 0 Å². The molecule has 0 aliphatic carbocycles. The minimum atomic E-state index is -2.40. The Labute approximate surface area is 178 Å². The van der Waals surface area contributed by atoms with E-state index in [1.54, 1.807) is 42.7 Å². The van der Waals surface area contributed by atoms with E-state index in [0.29, 0.717) is 0 Å². The maximum Gasteiger partial charge on any atom is 0.500 e. The van der Waals surface area contributed by atoms with Gasteiger partial charge in [-0.15, -0.1) is 0 Å². The molecule has 0 aliphatic heterocycles. The maximum absolute atomic E-state index is 5.36. The summed E-state index contributed by atoms with van der Waals surface area (Å²) >= 11 is 4.10. The fraction of sp³-hybridized carbons (Fsp3) is 0.667. The molecule has 0 saturated heterocycles. The Hall–Kier alpha value is -0.436. The van der Waals surface area contributed by atoms with E-state index in [1.807, 2.05) is 30.3 Å². The van der Waals surface area contributed by atoms with Gasteiger partial charge in [-0.1, -0.05) is 18.2 Å². The normalized spacial score (nSPS) is 11.7. The zero-order chi connectivity index (χ0) is 21.3. The van der Waals surface area contributed by atoms with Crippen LogP contribution in [0.25, 0.3) is 0 Å². The van der Waals surface area contributed by atoms with Gasteiger partial charge < -0.3 is 31.9 Å². The number of rotatable bonds is 14. The van der Waals surface area contributed by atoms with E-state index in [1.165, 1.54) is 0 Å². The number of hydrogen-bond acceptors (Lipinski definition) is 8. The summed E-state index contributed by atoms with van der Waals surface area (Å²) in [5.74, 6) is 0.838. The molecule has 28 heavy (non-hydrogen) atoms. The molecule has 164 valence electrons. The SMILES string of the molecule is CO[Si](CCCNc1ccccc1)(OC)OC.CO[Si](CCCS)(OC)OC. The van der Waals surface area contributed by atoms with Crippen LogP contribution < -0.4 is 5.32 Å². The largest absolute Gasteiger partial charge is 0.500 e. The summed E-state index contributed by atoms with van der Waals surface area (Å²) in [7, 11) is 5.11. The highest BCUT2D eigenvalue weighted by molar-refractivity contribution is 7.80. The molecule has 1 aromatic carbocycles. The van der Waals surface area contributed by atoms with Crippen molar-refractivity contribution in [2.45, 2.75) is 24.9 Å². The Morgan fingerprint density at radius 2 is 1.14 bits per heavy atom. The third-order valence-corrected chi connectivity index (χ3v) is 10.2. The lowest BCUT2D eigenvalue weighted by Gasteiger charge is -2.24. The fourth-order valence-electron chi connectivity index (χ4n) is 2.50. The van der Waals surface area contributed by atoms with E-state index in [0.717, 1.165) is 42.9 Å². The van der Waals surface area contributed by atoms with Crippen molar-refractivity contribution in [3.63, 3.8) is 0 Å². The molecule has 0 unspecified atom stereocenters. The fourth-order valence-corrected chi connectivity index (χ4v) is 6.40.